The lowest BCUT2D eigenvalue weighted by molar-refractivity contribution is -0.387. The van der Waals surface area contributed by atoms with Crippen LogP contribution in [0, 0.1) is 10.1 Å². The quantitative estimate of drug-likeness (QED) is 0.354. The van der Waals surface area contributed by atoms with Crippen LogP contribution in [0.2, 0.25) is 0 Å². The van der Waals surface area contributed by atoms with Crippen molar-refractivity contribution < 1.29 is 19.2 Å². The highest BCUT2D eigenvalue weighted by molar-refractivity contribution is 5.87. The van der Waals surface area contributed by atoms with E-state index in [-0.39, 0.29) is 5.69 Å². The van der Waals surface area contributed by atoms with E-state index < -0.39 is 11.2 Å². The minimum Gasteiger partial charge on any atom is -0.351 e. The number of nitro groups is 1. The summed E-state index contributed by atoms with van der Waals surface area (Å²) < 4.78 is 10.3. The fraction of sp³-hybridized carbons (Fsp3) is 0.188. The third-order valence-electron chi connectivity index (χ3n) is 3.31. The Hall–Kier alpha value is -2.57. The Balaban J connectivity index is 2.62. The Morgan fingerprint density at radius 2 is 1.82 bits per heavy atom. The molecule has 2 aromatic rings. The monoisotopic (exact) mass is 301 g/mol. The summed E-state index contributed by atoms with van der Waals surface area (Å²) in [6.07, 6.45) is -0.107. The van der Waals surface area contributed by atoms with Crippen molar-refractivity contribution in [3.8, 4) is 11.1 Å². The number of ether oxygens (including phenoxy) is 2. The average molecular weight is 301 g/mol. The molecule has 0 aliphatic carbocycles. The number of carbonyl (C=O) groups is 1. The van der Waals surface area contributed by atoms with E-state index in [9.17, 15) is 14.9 Å². The molecule has 0 bridgehead atoms. The highest BCUT2D eigenvalue weighted by atomic mass is 16.7. The van der Waals surface area contributed by atoms with Crippen LogP contribution < -0.4 is 0 Å². The molecule has 2 aromatic carbocycles. The summed E-state index contributed by atoms with van der Waals surface area (Å²) in [5.41, 5.74) is 2.09. The first-order valence-electron chi connectivity index (χ1n) is 6.51. The molecule has 0 amide bonds. The van der Waals surface area contributed by atoms with Crippen molar-refractivity contribution in [3.05, 3.63) is 63.7 Å². The second-order valence-corrected chi connectivity index (χ2v) is 4.54. The van der Waals surface area contributed by atoms with Crippen LogP contribution >= 0.6 is 0 Å². The third kappa shape index (κ3) is 3.03. The fourth-order valence-electron chi connectivity index (χ4n) is 2.29. The zero-order valence-electron chi connectivity index (χ0n) is 12.2. The highest BCUT2D eigenvalue weighted by Crippen LogP contribution is 2.33. The molecule has 2 rings (SSSR count). The molecule has 114 valence electrons. The van der Waals surface area contributed by atoms with Gasteiger partial charge in [0.1, 0.15) is 0 Å². The maximum absolute atomic E-state index is 11.2. The number of nitrogens with zero attached hydrogens (tertiary/aromatic N) is 1. The predicted octanol–water partition coefficient (Wildman–Crippen LogP) is 3.37. The first-order chi connectivity index (χ1) is 10.6. The molecule has 0 saturated carbocycles. The summed E-state index contributed by atoms with van der Waals surface area (Å²) in [5.74, 6) is 0. The molecule has 0 spiro atoms. The largest absolute Gasteiger partial charge is 0.351 e. The molecule has 0 unspecified atom stereocenters. The van der Waals surface area contributed by atoms with Gasteiger partial charge in [-0.05, 0) is 23.3 Å². The molecular formula is C16H15NO5. The van der Waals surface area contributed by atoms with Gasteiger partial charge >= 0.3 is 0 Å². The average Bonchev–Trinajstić information content (AvgIpc) is 2.55. The predicted molar refractivity (Wildman–Crippen MR) is 80.7 cm³/mol. The van der Waals surface area contributed by atoms with E-state index in [0.717, 1.165) is 6.29 Å². The molecule has 0 N–H and O–H groups in total. The first kappa shape index (κ1) is 15.8. The van der Waals surface area contributed by atoms with Crippen molar-refractivity contribution in [2.45, 2.75) is 6.29 Å². The molecule has 6 nitrogen and oxygen atoms in total. The topological polar surface area (TPSA) is 78.7 Å². The zero-order valence-corrected chi connectivity index (χ0v) is 12.2. The lowest BCUT2D eigenvalue weighted by Gasteiger charge is -2.15. The van der Waals surface area contributed by atoms with Crippen molar-refractivity contribution in [2.24, 2.45) is 0 Å². The van der Waals surface area contributed by atoms with Gasteiger partial charge in [-0.1, -0.05) is 24.3 Å². The Labute approximate surface area is 127 Å². The highest BCUT2D eigenvalue weighted by Gasteiger charge is 2.23. The van der Waals surface area contributed by atoms with Crippen LogP contribution in [0.4, 0.5) is 5.69 Å². The summed E-state index contributed by atoms with van der Waals surface area (Å²) in [4.78, 5) is 21.8. The normalized spacial score (nSPS) is 10.7. The zero-order chi connectivity index (χ0) is 16.1. The smallest absolute Gasteiger partial charge is 0.277 e. The third-order valence-corrected chi connectivity index (χ3v) is 3.31. The maximum Gasteiger partial charge on any atom is 0.277 e. The summed E-state index contributed by atoms with van der Waals surface area (Å²) in [6.45, 7) is 0. The van der Waals surface area contributed by atoms with E-state index in [1.54, 1.807) is 36.4 Å². The molecule has 0 aliphatic rings. The Morgan fingerprint density at radius 3 is 2.41 bits per heavy atom. The first-order valence-corrected chi connectivity index (χ1v) is 6.51. The molecule has 0 atom stereocenters. The number of carbonyl (C=O) groups excluding carboxylic acids is 1. The number of aldehydes is 1. The van der Waals surface area contributed by atoms with E-state index >= 15 is 0 Å². The minimum absolute atomic E-state index is 0.0963. The van der Waals surface area contributed by atoms with Gasteiger partial charge in [0.15, 0.2) is 12.6 Å². The molecule has 0 fully saturated rings. The van der Waals surface area contributed by atoms with Crippen LogP contribution in [0.5, 0.6) is 0 Å². The van der Waals surface area contributed by atoms with Crippen LogP contribution in [0.1, 0.15) is 22.2 Å². The molecule has 22 heavy (non-hydrogen) atoms. The van der Waals surface area contributed by atoms with Crippen molar-refractivity contribution >= 4 is 12.0 Å². The van der Waals surface area contributed by atoms with E-state index in [0.29, 0.717) is 22.3 Å². The number of benzene rings is 2. The van der Waals surface area contributed by atoms with Crippen molar-refractivity contribution in [3.63, 3.8) is 0 Å². The summed E-state index contributed by atoms with van der Waals surface area (Å²) in [6, 6.07) is 11.6. The number of hydrogen-bond acceptors (Lipinski definition) is 5. The number of rotatable bonds is 6. The number of methoxy groups -OCH3 is 2. The van der Waals surface area contributed by atoms with Gasteiger partial charge in [0.25, 0.3) is 5.69 Å². The van der Waals surface area contributed by atoms with Gasteiger partial charge in [-0.15, -0.1) is 0 Å². The molecule has 0 radical (unpaired) electrons. The van der Waals surface area contributed by atoms with Crippen molar-refractivity contribution in [1.82, 2.24) is 0 Å². The Morgan fingerprint density at radius 1 is 1.14 bits per heavy atom. The summed E-state index contributed by atoms with van der Waals surface area (Å²) in [7, 11) is 2.81. The van der Waals surface area contributed by atoms with Crippen LogP contribution in [0.3, 0.4) is 0 Å². The molecule has 0 heterocycles. The molecular weight excluding hydrogens is 286 g/mol. The molecule has 0 aliphatic heterocycles. The van der Waals surface area contributed by atoms with Crippen LogP contribution in [-0.2, 0) is 9.47 Å². The van der Waals surface area contributed by atoms with E-state index in [1.807, 2.05) is 0 Å². The molecule has 0 aromatic heterocycles. The van der Waals surface area contributed by atoms with E-state index in [2.05, 4.69) is 0 Å². The van der Waals surface area contributed by atoms with E-state index in [1.165, 1.54) is 20.3 Å². The number of nitro benzene ring substituents is 1. The van der Waals surface area contributed by atoms with Crippen LogP contribution in [0.15, 0.2) is 42.5 Å². The van der Waals surface area contributed by atoms with Gasteiger partial charge in [0.2, 0.25) is 0 Å². The lowest BCUT2D eigenvalue weighted by Crippen LogP contribution is -2.07. The van der Waals surface area contributed by atoms with Crippen molar-refractivity contribution in [2.75, 3.05) is 14.2 Å². The lowest BCUT2D eigenvalue weighted by atomic mass is 9.97. The van der Waals surface area contributed by atoms with Gasteiger partial charge in [-0.2, -0.15) is 0 Å². The van der Waals surface area contributed by atoms with Gasteiger partial charge < -0.3 is 9.47 Å². The maximum atomic E-state index is 11.2. The van der Waals surface area contributed by atoms with Gasteiger partial charge in [0.05, 0.1) is 10.5 Å². The SMILES string of the molecule is COC(OC)c1cc(-c2ccccc2C=O)ccc1[N+](=O)[O-]. The summed E-state index contributed by atoms with van der Waals surface area (Å²) in [5, 5.41) is 11.2. The van der Waals surface area contributed by atoms with Gasteiger partial charge in [0, 0.05) is 25.8 Å². The fourth-order valence-corrected chi connectivity index (χ4v) is 2.29. The van der Waals surface area contributed by atoms with Crippen LogP contribution in [-0.4, -0.2) is 25.4 Å². The molecule has 6 heteroatoms. The summed E-state index contributed by atoms with van der Waals surface area (Å²) >= 11 is 0. The van der Waals surface area contributed by atoms with Crippen LogP contribution in [0.25, 0.3) is 11.1 Å². The Bertz CT molecular complexity index is 695. The Kier molecular flexibility index (Phi) is 4.98. The van der Waals surface area contributed by atoms with Gasteiger partial charge in [-0.25, -0.2) is 0 Å². The van der Waals surface area contributed by atoms with Gasteiger partial charge in [-0.3, -0.25) is 14.9 Å². The molecule has 0 saturated heterocycles. The van der Waals surface area contributed by atoms with E-state index in [4.69, 9.17) is 9.47 Å². The second kappa shape index (κ2) is 6.93. The number of hydrogen-bond donors (Lipinski definition) is 0. The minimum atomic E-state index is -0.858. The second-order valence-electron chi connectivity index (χ2n) is 4.54. The van der Waals surface area contributed by atoms with Crippen molar-refractivity contribution in [1.29, 1.82) is 0 Å². The standard InChI is InChI=1S/C16H15NO5/c1-21-16(22-2)14-9-11(7-8-15(14)17(19)20)13-6-4-3-5-12(13)10-18/h3-10,16H,1-2H3.